The van der Waals surface area contributed by atoms with Gasteiger partial charge in [0.05, 0.1) is 54.4 Å². The first kappa shape index (κ1) is 56.2. The molecule has 25 atom stereocenters. The van der Waals surface area contributed by atoms with Crippen LogP contribution in [-0.2, 0) is 71.2 Å². The molecule has 0 bridgehead atoms. The molecule has 3 saturated carbocycles. The maximum absolute atomic E-state index is 13.4. The van der Waals surface area contributed by atoms with Gasteiger partial charge in [0.25, 0.3) is 0 Å². The van der Waals surface area contributed by atoms with Crippen molar-refractivity contribution in [3.63, 3.8) is 0 Å². The Morgan fingerprint density at radius 3 is 1.72 bits per heavy atom. The maximum Gasteiger partial charge on any atom is 0.333 e. The number of hydrogen-bond acceptors (Lipinski definition) is 18. The molecule has 0 aromatic carbocycles. The van der Waals surface area contributed by atoms with E-state index >= 15 is 0 Å². The van der Waals surface area contributed by atoms with Crippen molar-refractivity contribution in [2.24, 2.45) is 28.6 Å². The lowest BCUT2D eigenvalue weighted by Crippen LogP contribution is -2.66. The largest absolute Gasteiger partial charge is 0.458 e. The Morgan fingerprint density at radius 1 is 0.667 bits per heavy atom. The summed E-state index contributed by atoms with van der Waals surface area (Å²) in [6, 6.07) is 0. The van der Waals surface area contributed by atoms with Gasteiger partial charge in [0.15, 0.2) is 25.2 Å². The van der Waals surface area contributed by atoms with E-state index in [2.05, 4.69) is 13.0 Å². The third-order valence-electron chi connectivity index (χ3n) is 18.9. The molecule has 18 heteroatoms. The highest BCUT2D eigenvalue weighted by molar-refractivity contribution is 5.88. The van der Waals surface area contributed by atoms with Crippen molar-refractivity contribution >= 4 is 11.8 Å². The third kappa shape index (κ3) is 10.3. The van der Waals surface area contributed by atoms with Gasteiger partial charge in [-0.2, -0.15) is 0 Å². The van der Waals surface area contributed by atoms with Crippen molar-refractivity contribution < 1.29 is 86.5 Å². The molecule has 0 radical (unpaired) electrons. The van der Waals surface area contributed by atoms with Gasteiger partial charge in [-0.3, -0.25) is 4.79 Å². The Labute approximate surface area is 426 Å². The van der Waals surface area contributed by atoms with E-state index in [1.54, 1.807) is 48.2 Å². The first-order valence-electron chi connectivity index (χ1n) is 26.6. The minimum absolute atomic E-state index is 0.0373. The van der Waals surface area contributed by atoms with Gasteiger partial charge in [-0.25, -0.2) is 4.79 Å². The molecule has 4 aliphatic heterocycles. The van der Waals surface area contributed by atoms with Gasteiger partial charge < -0.3 is 76.9 Å². The Balaban J connectivity index is 0.857. The van der Waals surface area contributed by atoms with Crippen LogP contribution in [-0.4, -0.2) is 178 Å². The summed E-state index contributed by atoms with van der Waals surface area (Å²) >= 11 is 0. The Kier molecular flexibility index (Phi) is 17.6. The molecule has 0 unspecified atom stereocenters. The van der Waals surface area contributed by atoms with Crippen molar-refractivity contribution in [1.29, 1.82) is 0 Å². The highest BCUT2D eigenvalue weighted by atomic mass is 16.8. The van der Waals surface area contributed by atoms with E-state index in [4.69, 9.17) is 61.6 Å². The Bertz CT molecular complexity index is 1950. The fourth-order valence-corrected chi connectivity index (χ4v) is 14.5. The SMILES string of the molecule is C/C=C(\C)C(=O)O[C@@H]1C[C@H]2[C@@H](CC=C3C[C@@H](O[C@H]4C[C@H](OC)[C@H](O[C@H]5C[C@@H](OC)[C@H](O[C@H]6C[C@@H](OC)[C@H](O[C@@H]7O[C@H](C)[C@@H](O)[C@H](OC)[C@H]7O)[C@@H](C)O6)[C@@H](C)O5)[C@@H](C)O4)CC[C@@]32C)[C@@]2(O)CC[C@H](C(C)=O)[C@@]12C. The average Bonchev–Trinajstić information content (AvgIpc) is 3.64. The molecule has 0 aromatic rings. The van der Waals surface area contributed by atoms with Gasteiger partial charge in [0, 0.05) is 64.6 Å². The molecule has 8 aliphatic rings. The van der Waals surface area contributed by atoms with Gasteiger partial charge in [-0.1, -0.05) is 31.6 Å². The Hall–Kier alpha value is -1.98. The molecule has 4 heterocycles. The number of ketones is 1. The molecular weight excluding hydrogens is 937 g/mol. The van der Waals surface area contributed by atoms with Crippen molar-refractivity contribution in [3.8, 4) is 0 Å². The summed E-state index contributed by atoms with van der Waals surface area (Å²) in [6.45, 7) is 16.9. The van der Waals surface area contributed by atoms with Gasteiger partial charge >= 0.3 is 5.97 Å². The van der Waals surface area contributed by atoms with Crippen LogP contribution in [0.5, 0.6) is 0 Å². The van der Waals surface area contributed by atoms with Crippen molar-refractivity contribution in [1.82, 2.24) is 0 Å². The third-order valence-corrected chi connectivity index (χ3v) is 18.9. The number of carbonyl (C=O) groups is 2. The number of esters is 1. The second-order valence-corrected chi connectivity index (χ2v) is 22.6. The van der Waals surface area contributed by atoms with E-state index in [0.717, 1.165) is 19.3 Å². The number of carbonyl (C=O) groups excluding carboxylic acids is 2. The van der Waals surface area contributed by atoms with Crippen LogP contribution in [0.2, 0.25) is 0 Å². The number of allylic oxidation sites excluding steroid dienone is 2. The monoisotopic (exact) mass is 1020 g/mol. The van der Waals surface area contributed by atoms with Crippen molar-refractivity contribution in [2.75, 3.05) is 28.4 Å². The lowest BCUT2D eigenvalue weighted by atomic mass is 9.45. The molecule has 72 heavy (non-hydrogen) atoms. The molecule has 18 nitrogen and oxygen atoms in total. The van der Waals surface area contributed by atoms with Crippen LogP contribution in [0.3, 0.4) is 0 Å². The summed E-state index contributed by atoms with van der Waals surface area (Å²) in [7, 11) is 6.32. The number of methoxy groups -OCH3 is 4. The van der Waals surface area contributed by atoms with Gasteiger partial charge in [0.1, 0.15) is 48.5 Å². The molecule has 8 rings (SSSR count). The van der Waals surface area contributed by atoms with Crippen molar-refractivity contribution in [3.05, 3.63) is 23.3 Å². The number of hydrogen-bond donors (Lipinski definition) is 3. The summed E-state index contributed by atoms with van der Waals surface area (Å²) in [6.07, 6.45) is -1.66. The molecule has 0 amide bonds. The normalized spacial score (nSPS) is 49.8. The number of fused-ring (bicyclic) bond motifs is 5. The molecule has 3 N–H and O–H groups in total. The van der Waals surface area contributed by atoms with E-state index < -0.39 is 121 Å². The molecule has 4 aliphatic carbocycles. The standard InChI is InChI=1S/C54H86O18/c1-14-26(2)50(58)69-40-22-36-35(54(59)20-18-34(27(3)55)53(40,54)9)16-15-32-21-33(17-19-52(32,36)8)68-41-23-37(60-10)46(29(5)64-41)70-42-24-38(61-11)47(30(6)65-42)71-43-25-39(62-12)48(31(7)66-43)72-51-45(57)49(63-13)44(56)28(4)67-51/h14-15,28-31,33-49,51,56-57,59H,16-25H2,1-13H3/b26-14+/t28-,29-,30-,31-,33+,34-,35-,36+,37+,38-,39-,40-,41+,42+,43+,44-,45-,46-,47-,48-,49+,51+,52+,53+,54+/m1/s1. The second kappa shape index (κ2) is 22.5. The van der Waals surface area contributed by atoms with Crippen molar-refractivity contribution in [2.45, 2.75) is 249 Å². The van der Waals surface area contributed by atoms with E-state index in [1.807, 2.05) is 34.6 Å². The van der Waals surface area contributed by atoms with Crippen LogP contribution in [0.15, 0.2) is 23.3 Å². The summed E-state index contributed by atoms with van der Waals surface area (Å²) in [5.74, 6) is -0.749. The van der Waals surface area contributed by atoms with E-state index in [1.165, 1.54) is 12.7 Å². The van der Waals surface area contributed by atoms with E-state index in [-0.39, 0.29) is 41.2 Å². The topological polar surface area (TPSA) is 215 Å². The number of ether oxygens (including phenoxy) is 13. The number of Topliss-reactive ketones (excluding diaryl/α,β-unsaturated/α-hetero) is 1. The molecule has 7 fully saturated rings. The maximum atomic E-state index is 13.4. The minimum Gasteiger partial charge on any atom is -0.458 e. The van der Waals surface area contributed by atoms with Crippen LogP contribution in [0.25, 0.3) is 0 Å². The summed E-state index contributed by atoms with van der Waals surface area (Å²) in [5, 5.41) is 34.2. The summed E-state index contributed by atoms with van der Waals surface area (Å²) in [4.78, 5) is 26.5. The summed E-state index contributed by atoms with van der Waals surface area (Å²) in [5.41, 5.74) is -0.464. The van der Waals surface area contributed by atoms with E-state index in [0.29, 0.717) is 50.5 Å². The molecule has 0 spiro atoms. The van der Waals surface area contributed by atoms with Crippen LogP contribution < -0.4 is 0 Å². The van der Waals surface area contributed by atoms with E-state index in [9.17, 15) is 24.9 Å². The molecule has 410 valence electrons. The zero-order valence-electron chi connectivity index (χ0n) is 44.9. The fourth-order valence-electron chi connectivity index (χ4n) is 14.5. The smallest absolute Gasteiger partial charge is 0.333 e. The van der Waals surface area contributed by atoms with Gasteiger partial charge in [-0.05, 0) is 111 Å². The Morgan fingerprint density at radius 2 is 1.21 bits per heavy atom. The van der Waals surface area contributed by atoms with Crippen LogP contribution in [0, 0.1) is 28.6 Å². The van der Waals surface area contributed by atoms with Crippen LogP contribution in [0.1, 0.15) is 127 Å². The summed E-state index contributed by atoms with van der Waals surface area (Å²) < 4.78 is 81.2. The fraction of sp³-hybridized carbons (Fsp3) is 0.889. The van der Waals surface area contributed by atoms with Crippen LogP contribution in [0.4, 0.5) is 0 Å². The lowest BCUT2D eigenvalue weighted by Gasteiger charge is -2.63. The quantitative estimate of drug-likeness (QED) is 0.109. The average molecular weight is 1020 g/mol. The first-order valence-corrected chi connectivity index (χ1v) is 26.6. The van der Waals surface area contributed by atoms with Gasteiger partial charge in [-0.15, -0.1) is 0 Å². The first-order chi connectivity index (χ1) is 34.1. The predicted molar refractivity (Wildman–Crippen MR) is 258 cm³/mol. The number of aliphatic hydroxyl groups excluding tert-OH is 2. The number of rotatable bonds is 15. The zero-order valence-corrected chi connectivity index (χ0v) is 44.9. The van der Waals surface area contributed by atoms with Gasteiger partial charge in [0.2, 0.25) is 0 Å². The highest BCUT2D eigenvalue weighted by Crippen LogP contribution is 2.68. The molecular formula is C54H86O18. The van der Waals surface area contributed by atoms with Crippen LogP contribution >= 0.6 is 0 Å². The second-order valence-electron chi connectivity index (χ2n) is 22.6. The molecule has 0 aromatic heterocycles. The zero-order chi connectivity index (χ0) is 52.2. The number of aliphatic hydroxyl groups is 3. The lowest BCUT2D eigenvalue weighted by molar-refractivity contribution is -0.355. The highest BCUT2D eigenvalue weighted by Gasteiger charge is 2.71. The minimum atomic E-state index is -1.23. The molecule has 4 saturated heterocycles. The predicted octanol–water partition coefficient (Wildman–Crippen LogP) is 5.23.